The molecule has 3 nitrogen and oxygen atoms in total. The van der Waals surface area contributed by atoms with E-state index in [9.17, 15) is 8.42 Å². The van der Waals surface area contributed by atoms with Gasteiger partial charge in [-0.3, -0.25) is 0 Å². The Balaban J connectivity index is 2.56. The lowest BCUT2D eigenvalue weighted by Crippen LogP contribution is -2.49. The largest absolute Gasteiger partial charge is 0.330 e. The molecule has 1 aliphatic rings. The lowest BCUT2D eigenvalue weighted by atomic mass is 9.85. The van der Waals surface area contributed by atoms with Crippen LogP contribution >= 0.6 is 0 Å². The highest BCUT2D eigenvalue weighted by Crippen LogP contribution is 2.38. The minimum atomic E-state index is -2.68. The molecule has 1 fully saturated rings. The normalized spacial score (nSPS) is 26.0. The summed E-state index contributed by atoms with van der Waals surface area (Å²) in [5, 5.41) is 0. The molecule has 2 N–H and O–H groups in total. The van der Waals surface area contributed by atoms with E-state index in [-0.39, 0.29) is 5.41 Å². The minimum absolute atomic E-state index is 0.0353. The van der Waals surface area contributed by atoms with Gasteiger partial charge in [-0.1, -0.05) is 6.92 Å². The molecule has 0 spiro atoms. The van der Waals surface area contributed by atoms with Crippen LogP contribution in [0.5, 0.6) is 0 Å². The van der Waals surface area contributed by atoms with Gasteiger partial charge < -0.3 is 5.73 Å². The summed E-state index contributed by atoms with van der Waals surface area (Å²) in [6.07, 6.45) is 1.78. The second-order valence-electron chi connectivity index (χ2n) is 3.42. The van der Waals surface area contributed by atoms with Crippen LogP contribution in [0.1, 0.15) is 19.8 Å². The van der Waals surface area contributed by atoms with Crippen molar-refractivity contribution in [1.82, 2.24) is 0 Å². The molecule has 1 heterocycles. The van der Waals surface area contributed by atoms with E-state index in [1.54, 1.807) is 0 Å². The zero-order chi connectivity index (χ0) is 8.54. The topological polar surface area (TPSA) is 60.2 Å². The van der Waals surface area contributed by atoms with Crippen LogP contribution in [0.3, 0.4) is 0 Å². The zero-order valence-electron chi connectivity index (χ0n) is 6.84. The second-order valence-corrected chi connectivity index (χ2v) is 5.49. The van der Waals surface area contributed by atoms with Gasteiger partial charge in [-0.2, -0.15) is 0 Å². The van der Waals surface area contributed by atoms with E-state index >= 15 is 0 Å². The first-order valence-corrected chi connectivity index (χ1v) is 5.76. The fraction of sp³-hybridized carbons (Fsp3) is 1.00. The maximum Gasteiger partial charge on any atom is 0.151 e. The number of hydrogen-bond donors (Lipinski definition) is 1. The minimum Gasteiger partial charge on any atom is -0.330 e. The molecular formula is C7H15NO2S. The molecule has 66 valence electrons. The van der Waals surface area contributed by atoms with Gasteiger partial charge in [0, 0.05) is 0 Å². The van der Waals surface area contributed by atoms with E-state index in [0.29, 0.717) is 18.1 Å². The van der Waals surface area contributed by atoms with Crippen LogP contribution in [0.2, 0.25) is 0 Å². The van der Waals surface area contributed by atoms with Crippen molar-refractivity contribution >= 4 is 9.84 Å². The van der Waals surface area contributed by atoms with Gasteiger partial charge in [-0.25, -0.2) is 8.42 Å². The van der Waals surface area contributed by atoms with Crippen molar-refractivity contribution in [3.05, 3.63) is 0 Å². The van der Waals surface area contributed by atoms with E-state index in [4.69, 9.17) is 5.73 Å². The Bertz CT molecular complexity index is 221. The Kier molecular flexibility index (Phi) is 2.25. The first-order valence-electron chi connectivity index (χ1n) is 3.94. The van der Waals surface area contributed by atoms with Crippen molar-refractivity contribution in [2.75, 3.05) is 18.1 Å². The molecule has 4 heteroatoms. The smallest absolute Gasteiger partial charge is 0.151 e. The third kappa shape index (κ3) is 1.73. The molecule has 1 saturated heterocycles. The quantitative estimate of drug-likeness (QED) is 0.668. The van der Waals surface area contributed by atoms with Gasteiger partial charge in [-0.05, 0) is 24.8 Å². The Morgan fingerprint density at radius 3 is 2.27 bits per heavy atom. The molecular weight excluding hydrogens is 162 g/mol. The van der Waals surface area contributed by atoms with Gasteiger partial charge in [0.25, 0.3) is 0 Å². The summed E-state index contributed by atoms with van der Waals surface area (Å²) in [7, 11) is -2.68. The fourth-order valence-electron chi connectivity index (χ4n) is 1.72. The molecule has 0 aromatic rings. The summed E-state index contributed by atoms with van der Waals surface area (Å²) in [5.41, 5.74) is 5.43. The molecule has 0 bridgehead atoms. The van der Waals surface area contributed by atoms with Crippen LogP contribution in [0.25, 0.3) is 0 Å². The van der Waals surface area contributed by atoms with E-state index in [1.165, 1.54) is 0 Å². The van der Waals surface area contributed by atoms with Gasteiger partial charge in [-0.15, -0.1) is 0 Å². The third-order valence-electron chi connectivity index (χ3n) is 2.48. The molecule has 11 heavy (non-hydrogen) atoms. The lowest BCUT2D eigenvalue weighted by molar-refractivity contribution is 0.299. The lowest BCUT2D eigenvalue weighted by Gasteiger charge is -2.40. The molecule has 1 aliphatic heterocycles. The third-order valence-corrected chi connectivity index (χ3v) is 4.58. The van der Waals surface area contributed by atoms with E-state index < -0.39 is 9.84 Å². The van der Waals surface area contributed by atoms with Crippen LogP contribution in [-0.2, 0) is 9.84 Å². The Morgan fingerprint density at radius 1 is 1.45 bits per heavy atom. The van der Waals surface area contributed by atoms with Crippen molar-refractivity contribution in [2.24, 2.45) is 11.1 Å². The Labute approximate surface area is 67.9 Å². The molecule has 0 amide bonds. The summed E-state index contributed by atoms with van der Waals surface area (Å²) in [4.78, 5) is 0. The highest BCUT2D eigenvalue weighted by Gasteiger charge is 2.45. The van der Waals surface area contributed by atoms with Gasteiger partial charge in [0.2, 0.25) is 0 Å². The molecule has 0 radical (unpaired) electrons. The molecule has 0 aliphatic carbocycles. The van der Waals surface area contributed by atoms with Crippen LogP contribution in [0.15, 0.2) is 0 Å². The van der Waals surface area contributed by atoms with Crippen molar-refractivity contribution in [3.8, 4) is 0 Å². The van der Waals surface area contributed by atoms with Crippen molar-refractivity contribution < 1.29 is 8.42 Å². The average Bonchev–Trinajstić information content (AvgIpc) is 1.84. The van der Waals surface area contributed by atoms with E-state index in [2.05, 4.69) is 0 Å². The molecule has 0 aromatic heterocycles. The summed E-state index contributed by atoms with van der Waals surface area (Å²) in [6.45, 7) is 2.63. The summed E-state index contributed by atoms with van der Waals surface area (Å²) >= 11 is 0. The first-order chi connectivity index (χ1) is 5.04. The standard InChI is InChI=1S/C7H15NO2S/c1-2-7(3-4-8)5-11(9,10)6-7/h2-6,8H2,1H3. The van der Waals surface area contributed by atoms with Crippen molar-refractivity contribution in [2.45, 2.75) is 19.8 Å². The van der Waals surface area contributed by atoms with Crippen molar-refractivity contribution in [1.29, 1.82) is 0 Å². The Morgan fingerprint density at radius 2 is 2.00 bits per heavy atom. The van der Waals surface area contributed by atoms with Gasteiger partial charge in [0.05, 0.1) is 11.5 Å². The number of nitrogens with two attached hydrogens (primary N) is 1. The van der Waals surface area contributed by atoms with Crippen LogP contribution < -0.4 is 5.73 Å². The first kappa shape index (κ1) is 9.00. The maximum absolute atomic E-state index is 10.9. The highest BCUT2D eigenvalue weighted by molar-refractivity contribution is 7.92. The molecule has 0 unspecified atom stereocenters. The molecule has 0 saturated carbocycles. The Hall–Kier alpha value is -0.0900. The zero-order valence-corrected chi connectivity index (χ0v) is 7.65. The number of hydrogen-bond acceptors (Lipinski definition) is 3. The van der Waals surface area contributed by atoms with Crippen LogP contribution in [0, 0.1) is 5.41 Å². The number of rotatable bonds is 3. The molecule has 0 aromatic carbocycles. The fourth-order valence-corrected chi connectivity index (χ4v) is 4.20. The van der Waals surface area contributed by atoms with Crippen LogP contribution in [0.4, 0.5) is 0 Å². The highest BCUT2D eigenvalue weighted by atomic mass is 32.2. The van der Waals surface area contributed by atoms with Gasteiger partial charge >= 0.3 is 0 Å². The predicted octanol–water partition coefficient (Wildman–Crippen LogP) is 0.160. The summed E-state index contributed by atoms with van der Waals surface area (Å²) in [5.74, 6) is 0.710. The van der Waals surface area contributed by atoms with Gasteiger partial charge in [0.1, 0.15) is 0 Å². The van der Waals surface area contributed by atoms with E-state index in [0.717, 1.165) is 12.8 Å². The van der Waals surface area contributed by atoms with Crippen LogP contribution in [-0.4, -0.2) is 26.5 Å². The maximum atomic E-state index is 10.9. The monoisotopic (exact) mass is 177 g/mol. The molecule has 0 atom stereocenters. The SMILES string of the molecule is CCC1(CCN)CS(=O)(=O)C1. The molecule has 1 rings (SSSR count). The summed E-state index contributed by atoms with van der Waals surface area (Å²) < 4.78 is 21.8. The predicted molar refractivity (Wildman–Crippen MR) is 45.0 cm³/mol. The van der Waals surface area contributed by atoms with E-state index in [1.807, 2.05) is 6.92 Å². The second kappa shape index (κ2) is 2.75. The average molecular weight is 177 g/mol. The number of sulfone groups is 1. The van der Waals surface area contributed by atoms with Gasteiger partial charge in [0.15, 0.2) is 9.84 Å². The summed E-state index contributed by atoms with van der Waals surface area (Å²) in [6, 6.07) is 0. The van der Waals surface area contributed by atoms with Crippen molar-refractivity contribution in [3.63, 3.8) is 0 Å².